The molecule has 2 amide bonds. The van der Waals surface area contributed by atoms with E-state index in [1.807, 2.05) is 20.8 Å². The van der Waals surface area contributed by atoms with Crippen molar-refractivity contribution in [2.75, 3.05) is 6.26 Å². The Hall–Kier alpha value is -1.89. The maximum Gasteiger partial charge on any atom is 0.243 e. The summed E-state index contributed by atoms with van der Waals surface area (Å²) in [5.41, 5.74) is 0.807. The number of amides is 2. The van der Waals surface area contributed by atoms with Gasteiger partial charge in [-0.15, -0.1) is 0 Å². The highest BCUT2D eigenvalue weighted by Gasteiger charge is 2.29. The molecule has 0 saturated heterocycles. The topological polar surface area (TPSA) is 92.3 Å². The predicted molar refractivity (Wildman–Crippen MR) is 109 cm³/mol. The summed E-state index contributed by atoms with van der Waals surface area (Å²) in [6.45, 7) is 5.67. The lowest BCUT2D eigenvalue weighted by Crippen LogP contribution is -2.51. The highest BCUT2D eigenvalue weighted by molar-refractivity contribution is 7.90. The SMILES string of the molecule is CC(C)[C@@H](NC(=O)C1CCCCC1)C(=O)N[C@H](C)c1ccc(S(C)(=O)=O)cc1. The van der Waals surface area contributed by atoms with Gasteiger partial charge in [0.25, 0.3) is 0 Å². The third-order valence-corrected chi connectivity index (χ3v) is 6.52. The zero-order chi connectivity index (χ0) is 20.9. The number of sulfone groups is 1. The number of hydrogen-bond acceptors (Lipinski definition) is 4. The van der Waals surface area contributed by atoms with Crippen molar-refractivity contribution in [1.82, 2.24) is 10.6 Å². The first-order valence-corrected chi connectivity index (χ1v) is 11.9. The lowest BCUT2D eigenvalue weighted by molar-refractivity contribution is -0.133. The van der Waals surface area contributed by atoms with Crippen LogP contribution < -0.4 is 10.6 Å². The molecule has 0 heterocycles. The van der Waals surface area contributed by atoms with Crippen molar-refractivity contribution in [2.24, 2.45) is 11.8 Å². The van der Waals surface area contributed by atoms with Gasteiger partial charge in [-0.05, 0) is 43.4 Å². The van der Waals surface area contributed by atoms with Gasteiger partial charge in [0.2, 0.25) is 11.8 Å². The van der Waals surface area contributed by atoms with Crippen molar-refractivity contribution in [3.8, 4) is 0 Å². The van der Waals surface area contributed by atoms with Crippen LogP contribution in [-0.2, 0) is 19.4 Å². The van der Waals surface area contributed by atoms with Crippen LogP contribution in [0.3, 0.4) is 0 Å². The summed E-state index contributed by atoms with van der Waals surface area (Å²) in [7, 11) is -3.25. The van der Waals surface area contributed by atoms with Gasteiger partial charge in [0.1, 0.15) is 6.04 Å². The van der Waals surface area contributed by atoms with Crippen LogP contribution in [0, 0.1) is 11.8 Å². The Labute approximate surface area is 168 Å². The van der Waals surface area contributed by atoms with E-state index < -0.39 is 15.9 Å². The maximum absolute atomic E-state index is 12.8. The summed E-state index contributed by atoms with van der Waals surface area (Å²) in [6.07, 6.45) is 6.25. The van der Waals surface area contributed by atoms with E-state index >= 15 is 0 Å². The lowest BCUT2D eigenvalue weighted by atomic mass is 9.88. The second-order valence-corrected chi connectivity index (χ2v) is 10.2. The molecule has 1 aliphatic rings. The number of rotatable bonds is 7. The lowest BCUT2D eigenvalue weighted by Gasteiger charge is -2.27. The number of carbonyl (C=O) groups is 2. The second kappa shape index (κ2) is 9.54. The first-order chi connectivity index (χ1) is 13.1. The summed E-state index contributed by atoms with van der Waals surface area (Å²) in [6, 6.07) is 5.59. The minimum atomic E-state index is -3.25. The Balaban J connectivity index is 2.01. The van der Waals surface area contributed by atoms with Gasteiger partial charge in [0, 0.05) is 12.2 Å². The Morgan fingerprint density at radius 2 is 1.54 bits per heavy atom. The van der Waals surface area contributed by atoms with Crippen molar-refractivity contribution in [1.29, 1.82) is 0 Å². The van der Waals surface area contributed by atoms with E-state index in [1.54, 1.807) is 12.1 Å². The molecule has 1 aliphatic carbocycles. The van der Waals surface area contributed by atoms with Crippen LogP contribution in [0.5, 0.6) is 0 Å². The minimum Gasteiger partial charge on any atom is -0.348 e. The van der Waals surface area contributed by atoms with Gasteiger partial charge < -0.3 is 10.6 Å². The van der Waals surface area contributed by atoms with Crippen LogP contribution in [-0.4, -0.2) is 32.5 Å². The van der Waals surface area contributed by atoms with E-state index in [9.17, 15) is 18.0 Å². The number of benzene rings is 1. The van der Waals surface area contributed by atoms with E-state index in [-0.39, 0.29) is 34.6 Å². The average Bonchev–Trinajstić information content (AvgIpc) is 2.65. The van der Waals surface area contributed by atoms with Crippen LogP contribution in [0.2, 0.25) is 0 Å². The first kappa shape index (κ1) is 22.4. The fraction of sp³-hybridized carbons (Fsp3) is 0.619. The van der Waals surface area contributed by atoms with Gasteiger partial charge in [-0.25, -0.2) is 8.42 Å². The molecule has 0 unspecified atom stereocenters. The Morgan fingerprint density at radius 1 is 0.964 bits per heavy atom. The molecule has 0 aliphatic heterocycles. The van der Waals surface area contributed by atoms with Gasteiger partial charge in [0.05, 0.1) is 10.9 Å². The van der Waals surface area contributed by atoms with E-state index in [2.05, 4.69) is 10.6 Å². The van der Waals surface area contributed by atoms with E-state index in [1.165, 1.54) is 18.6 Å². The monoisotopic (exact) mass is 408 g/mol. The molecule has 1 aromatic carbocycles. The quantitative estimate of drug-likeness (QED) is 0.725. The van der Waals surface area contributed by atoms with Gasteiger partial charge in [-0.3, -0.25) is 9.59 Å². The van der Waals surface area contributed by atoms with Gasteiger partial charge in [0.15, 0.2) is 9.84 Å². The minimum absolute atomic E-state index is 0.00348. The summed E-state index contributed by atoms with van der Waals surface area (Å²) < 4.78 is 23.2. The third kappa shape index (κ3) is 6.06. The number of carbonyl (C=O) groups excluding carboxylic acids is 2. The van der Waals surface area contributed by atoms with Crippen molar-refractivity contribution in [3.05, 3.63) is 29.8 Å². The summed E-state index contributed by atoms with van der Waals surface area (Å²) in [5.74, 6) is -0.284. The van der Waals surface area contributed by atoms with E-state index in [0.717, 1.165) is 37.5 Å². The van der Waals surface area contributed by atoms with Crippen molar-refractivity contribution in [2.45, 2.75) is 69.9 Å². The van der Waals surface area contributed by atoms with Crippen LogP contribution >= 0.6 is 0 Å². The van der Waals surface area contributed by atoms with Crippen LogP contribution in [0.1, 0.15) is 64.5 Å². The molecule has 1 fully saturated rings. The third-order valence-electron chi connectivity index (χ3n) is 5.39. The van der Waals surface area contributed by atoms with Gasteiger partial charge in [-0.1, -0.05) is 45.2 Å². The van der Waals surface area contributed by atoms with E-state index in [0.29, 0.717) is 0 Å². The zero-order valence-corrected chi connectivity index (χ0v) is 18.0. The molecule has 0 bridgehead atoms. The highest BCUT2D eigenvalue weighted by Crippen LogP contribution is 2.24. The largest absolute Gasteiger partial charge is 0.348 e. The fourth-order valence-corrected chi connectivity index (χ4v) is 4.19. The normalized spacial score (nSPS) is 17.8. The molecule has 1 aromatic rings. The first-order valence-electron chi connectivity index (χ1n) is 10.0. The predicted octanol–water partition coefficient (Wildman–Crippen LogP) is 2.99. The molecule has 1 saturated carbocycles. The van der Waals surface area contributed by atoms with Crippen LogP contribution in [0.4, 0.5) is 0 Å². The summed E-state index contributed by atoms with van der Waals surface area (Å²) in [4.78, 5) is 25.6. The van der Waals surface area contributed by atoms with Gasteiger partial charge in [-0.2, -0.15) is 0 Å². The molecule has 2 N–H and O–H groups in total. The Morgan fingerprint density at radius 3 is 2.04 bits per heavy atom. The zero-order valence-electron chi connectivity index (χ0n) is 17.2. The number of nitrogens with one attached hydrogen (secondary N) is 2. The Bertz CT molecular complexity index is 781. The summed E-state index contributed by atoms with van der Waals surface area (Å²) in [5, 5.41) is 5.88. The van der Waals surface area contributed by atoms with Gasteiger partial charge >= 0.3 is 0 Å². The number of hydrogen-bond donors (Lipinski definition) is 2. The fourth-order valence-electron chi connectivity index (χ4n) is 3.56. The molecule has 2 atom stereocenters. The van der Waals surface area contributed by atoms with Crippen LogP contribution in [0.25, 0.3) is 0 Å². The molecule has 156 valence electrons. The van der Waals surface area contributed by atoms with Crippen LogP contribution in [0.15, 0.2) is 29.2 Å². The molecule has 28 heavy (non-hydrogen) atoms. The smallest absolute Gasteiger partial charge is 0.243 e. The molecule has 0 aromatic heterocycles. The molecular formula is C21H32N2O4S. The van der Waals surface area contributed by atoms with Crippen molar-refractivity contribution >= 4 is 21.7 Å². The van der Waals surface area contributed by atoms with E-state index in [4.69, 9.17) is 0 Å². The molecule has 6 nitrogen and oxygen atoms in total. The molecular weight excluding hydrogens is 376 g/mol. The average molecular weight is 409 g/mol. The molecule has 0 radical (unpaired) electrons. The standard InChI is InChI=1S/C21H32N2O4S/c1-14(2)19(23-20(24)17-8-6-5-7-9-17)21(25)22-15(3)16-10-12-18(13-11-16)28(4,26)27/h10-15,17,19H,5-9H2,1-4H3,(H,22,25)(H,23,24)/t15-,19-/m1/s1. The Kier molecular flexibility index (Phi) is 7.63. The maximum atomic E-state index is 12.8. The summed E-state index contributed by atoms with van der Waals surface area (Å²) >= 11 is 0. The van der Waals surface area contributed by atoms with Crippen molar-refractivity contribution in [3.63, 3.8) is 0 Å². The highest BCUT2D eigenvalue weighted by atomic mass is 32.2. The second-order valence-electron chi connectivity index (χ2n) is 8.14. The molecule has 7 heteroatoms. The molecule has 0 spiro atoms. The van der Waals surface area contributed by atoms with Crippen molar-refractivity contribution < 1.29 is 18.0 Å². The molecule has 2 rings (SSSR count).